The number of carbonyl (C=O) groups excluding carboxylic acids is 1. The zero-order chi connectivity index (χ0) is 14.5. The zero-order valence-corrected chi connectivity index (χ0v) is 12.1. The van der Waals surface area contributed by atoms with Crippen molar-refractivity contribution in [3.8, 4) is 0 Å². The summed E-state index contributed by atoms with van der Waals surface area (Å²) in [5.74, 6) is -0.367. The molecule has 0 fully saturated rings. The van der Waals surface area contributed by atoms with Gasteiger partial charge in [0.1, 0.15) is 0 Å². The highest BCUT2D eigenvalue weighted by Gasteiger charge is 2.14. The van der Waals surface area contributed by atoms with Gasteiger partial charge in [0.2, 0.25) is 5.91 Å². The Morgan fingerprint density at radius 1 is 1.26 bits per heavy atom. The van der Waals surface area contributed by atoms with E-state index < -0.39 is 10.2 Å². The predicted molar refractivity (Wildman–Crippen MR) is 73.6 cm³/mol. The molecule has 0 aliphatic carbocycles. The lowest BCUT2D eigenvalue weighted by Crippen LogP contribution is -2.41. The summed E-state index contributed by atoms with van der Waals surface area (Å²) in [6.45, 7) is 2.07. The van der Waals surface area contributed by atoms with Crippen molar-refractivity contribution < 1.29 is 13.2 Å². The summed E-state index contributed by atoms with van der Waals surface area (Å²) in [4.78, 5) is 11.5. The first-order valence-electron chi connectivity index (χ1n) is 5.81. The summed E-state index contributed by atoms with van der Waals surface area (Å²) in [5, 5.41) is 2.67. The number of hydrogen-bond donors (Lipinski definition) is 2. The van der Waals surface area contributed by atoms with Gasteiger partial charge in [-0.3, -0.25) is 4.79 Å². The van der Waals surface area contributed by atoms with Gasteiger partial charge >= 0.3 is 0 Å². The fourth-order valence-corrected chi connectivity index (χ4v) is 1.92. The Balaban J connectivity index is 2.43. The second kappa shape index (κ2) is 6.65. The van der Waals surface area contributed by atoms with Crippen molar-refractivity contribution in [3.63, 3.8) is 0 Å². The number of carbonyl (C=O) groups is 1. The van der Waals surface area contributed by atoms with Gasteiger partial charge in [0.05, 0.1) is 6.54 Å². The Kier molecular flexibility index (Phi) is 5.46. The monoisotopic (exact) mass is 285 g/mol. The van der Waals surface area contributed by atoms with E-state index in [0.717, 1.165) is 15.4 Å². The Hall–Kier alpha value is -1.44. The maximum absolute atomic E-state index is 11.5. The van der Waals surface area contributed by atoms with Crippen LogP contribution in [0.4, 0.5) is 0 Å². The van der Waals surface area contributed by atoms with Crippen LogP contribution in [-0.4, -0.2) is 39.3 Å². The highest BCUT2D eigenvalue weighted by atomic mass is 32.2. The number of rotatable bonds is 6. The third kappa shape index (κ3) is 4.98. The van der Waals surface area contributed by atoms with Crippen molar-refractivity contribution in [1.29, 1.82) is 0 Å². The average Bonchev–Trinajstić information content (AvgIpc) is 2.35. The second-order valence-electron chi connectivity index (χ2n) is 4.31. The minimum Gasteiger partial charge on any atom is -0.351 e. The largest absolute Gasteiger partial charge is 0.351 e. The van der Waals surface area contributed by atoms with Gasteiger partial charge in [0.15, 0.2) is 0 Å². The van der Waals surface area contributed by atoms with E-state index in [1.165, 1.54) is 14.1 Å². The number of nitrogens with zero attached hydrogens (tertiary/aromatic N) is 1. The van der Waals surface area contributed by atoms with Crippen molar-refractivity contribution >= 4 is 16.1 Å². The molecule has 0 heterocycles. The van der Waals surface area contributed by atoms with Crippen LogP contribution in [-0.2, 0) is 21.5 Å². The number of amides is 1. The van der Waals surface area contributed by atoms with Gasteiger partial charge in [-0.2, -0.15) is 17.4 Å². The molecule has 0 aliphatic rings. The Morgan fingerprint density at radius 3 is 2.47 bits per heavy atom. The van der Waals surface area contributed by atoms with Gasteiger partial charge in [-0.25, -0.2) is 0 Å². The topological polar surface area (TPSA) is 78.5 Å². The van der Waals surface area contributed by atoms with Crippen LogP contribution >= 0.6 is 0 Å². The van der Waals surface area contributed by atoms with E-state index in [9.17, 15) is 13.2 Å². The van der Waals surface area contributed by atoms with Crippen LogP contribution in [0.25, 0.3) is 0 Å². The summed E-state index contributed by atoms with van der Waals surface area (Å²) >= 11 is 0. The fraction of sp³-hybridized carbons (Fsp3) is 0.417. The highest BCUT2D eigenvalue weighted by molar-refractivity contribution is 7.87. The van der Waals surface area contributed by atoms with Crippen LogP contribution in [0.2, 0.25) is 0 Å². The van der Waals surface area contributed by atoms with Gasteiger partial charge in [0.25, 0.3) is 10.2 Å². The number of nitrogens with one attached hydrogen (secondary N) is 2. The molecule has 7 heteroatoms. The second-order valence-corrected chi connectivity index (χ2v) is 6.28. The van der Waals surface area contributed by atoms with E-state index in [-0.39, 0.29) is 12.5 Å². The van der Waals surface area contributed by atoms with E-state index in [0.29, 0.717) is 6.54 Å². The van der Waals surface area contributed by atoms with Crippen molar-refractivity contribution in [2.75, 3.05) is 20.6 Å². The van der Waals surface area contributed by atoms with Crippen molar-refractivity contribution in [3.05, 3.63) is 35.4 Å². The van der Waals surface area contributed by atoms with Crippen LogP contribution in [0.15, 0.2) is 24.3 Å². The first kappa shape index (κ1) is 15.6. The molecule has 1 rings (SSSR count). The maximum Gasteiger partial charge on any atom is 0.279 e. The van der Waals surface area contributed by atoms with E-state index in [1.54, 1.807) is 0 Å². The van der Waals surface area contributed by atoms with Crippen molar-refractivity contribution in [1.82, 2.24) is 14.3 Å². The summed E-state index contributed by atoms with van der Waals surface area (Å²) in [5.41, 5.74) is 2.09. The Bertz CT molecular complexity index is 541. The van der Waals surface area contributed by atoms with Crippen LogP contribution < -0.4 is 10.0 Å². The van der Waals surface area contributed by atoms with E-state index in [4.69, 9.17) is 0 Å². The molecule has 0 unspecified atom stereocenters. The third-order valence-corrected chi connectivity index (χ3v) is 4.10. The minimum absolute atomic E-state index is 0.271. The summed E-state index contributed by atoms with van der Waals surface area (Å²) in [6, 6.07) is 7.69. The lowest BCUT2D eigenvalue weighted by Gasteiger charge is -2.12. The molecule has 106 valence electrons. The average molecular weight is 285 g/mol. The van der Waals surface area contributed by atoms with Gasteiger partial charge < -0.3 is 5.32 Å². The van der Waals surface area contributed by atoms with Crippen LogP contribution in [0.1, 0.15) is 11.1 Å². The van der Waals surface area contributed by atoms with Gasteiger partial charge in [-0.1, -0.05) is 24.3 Å². The van der Waals surface area contributed by atoms with Crippen LogP contribution in [0.3, 0.4) is 0 Å². The lowest BCUT2D eigenvalue weighted by molar-refractivity contribution is -0.120. The minimum atomic E-state index is -3.56. The third-order valence-electron chi connectivity index (χ3n) is 2.63. The lowest BCUT2D eigenvalue weighted by atomic mass is 10.1. The molecule has 0 saturated carbocycles. The molecule has 1 aromatic rings. The molecule has 0 aromatic heterocycles. The molecule has 1 aromatic carbocycles. The molecule has 0 spiro atoms. The summed E-state index contributed by atoms with van der Waals surface area (Å²) in [6.07, 6.45) is 0. The van der Waals surface area contributed by atoms with Gasteiger partial charge in [0, 0.05) is 20.6 Å². The molecule has 0 atom stereocenters. The van der Waals surface area contributed by atoms with Crippen molar-refractivity contribution in [2.45, 2.75) is 13.5 Å². The molecule has 1 amide bonds. The molecule has 0 saturated heterocycles. The summed E-state index contributed by atoms with van der Waals surface area (Å²) in [7, 11) is -0.769. The maximum atomic E-state index is 11.5. The normalized spacial score (nSPS) is 11.6. The highest BCUT2D eigenvalue weighted by Crippen LogP contribution is 2.05. The van der Waals surface area contributed by atoms with Gasteiger partial charge in [-0.05, 0) is 18.1 Å². The smallest absolute Gasteiger partial charge is 0.279 e. The van der Waals surface area contributed by atoms with Crippen LogP contribution in [0.5, 0.6) is 0 Å². The molecular weight excluding hydrogens is 266 g/mol. The number of hydrogen-bond acceptors (Lipinski definition) is 3. The van der Waals surface area contributed by atoms with E-state index in [2.05, 4.69) is 10.0 Å². The first-order valence-corrected chi connectivity index (χ1v) is 7.25. The quantitative estimate of drug-likeness (QED) is 0.772. The zero-order valence-electron chi connectivity index (χ0n) is 11.3. The van der Waals surface area contributed by atoms with E-state index in [1.807, 2.05) is 31.2 Å². The molecular formula is C12H19N3O3S. The molecule has 0 aliphatic heterocycles. The van der Waals surface area contributed by atoms with Crippen LogP contribution in [0, 0.1) is 6.92 Å². The summed E-state index contributed by atoms with van der Waals surface area (Å²) < 4.78 is 26.0. The molecule has 6 nitrogen and oxygen atoms in total. The molecule has 19 heavy (non-hydrogen) atoms. The molecule has 0 bridgehead atoms. The van der Waals surface area contributed by atoms with Gasteiger partial charge in [-0.15, -0.1) is 0 Å². The predicted octanol–water partition coefficient (Wildman–Crippen LogP) is 0.00722. The molecule has 0 radical (unpaired) electrons. The fourth-order valence-electron chi connectivity index (χ4n) is 1.35. The molecule has 2 N–H and O–H groups in total. The standard InChI is InChI=1S/C12H19N3O3S/c1-10-6-4-5-7-11(10)8-13-12(16)9-14-19(17,18)15(2)3/h4-7,14H,8-9H2,1-3H3,(H,13,16). The Morgan fingerprint density at radius 2 is 1.89 bits per heavy atom. The van der Waals surface area contributed by atoms with Crippen molar-refractivity contribution in [2.24, 2.45) is 0 Å². The van der Waals surface area contributed by atoms with E-state index >= 15 is 0 Å². The first-order chi connectivity index (χ1) is 8.83. The number of aryl methyl sites for hydroxylation is 1. The number of benzene rings is 1. The SMILES string of the molecule is Cc1ccccc1CNC(=O)CNS(=O)(=O)N(C)C. The Labute approximate surface area is 114 Å².